The van der Waals surface area contributed by atoms with Crippen molar-refractivity contribution in [2.24, 2.45) is 17.3 Å². The van der Waals surface area contributed by atoms with Crippen LogP contribution in [0.25, 0.3) is 0 Å². The summed E-state index contributed by atoms with van der Waals surface area (Å²) in [6, 6.07) is 0. The molecule has 4 fully saturated rings. The number of hydrogen-bond acceptors (Lipinski definition) is 2. The Morgan fingerprint density at radius 1 is 1.21 bits per heavy atom. The highest BCUT2D eigenvalue weighted by Crippen LogP contribution is 2.61. The minimum atomic E-state index is -0.476. The maximum atomic E-state index is 11.7. The van der Waals surface area contributed by atoms with Crippen molar-refractivity contribution in [3.8, 4) is 0 Å². The van der Waals surface area contributed by atoms with Crippen molar-refractivity contribution in [3.05, 3.63) is 0 Å². The zero-order valence-corrected chi connectivity index (χ0v) is 8.75. The Morgan fingerprint density at radius 3 is 2.21 bits per heavy atom. The molecule has 0 saturated heterocycles. The molecule has 0 heterocycles. The van der Waals surface area contributed by atoms with Crippen LogP contribution in [-0.4, -0.2) is 16.5 Å². The Labute approximate surface area is 84.7 Å². The number of rotatable bonds is 1. The second kappa shape index (κ2) is 2.41. The summed E-state index contributed by atoms with van der Waals surface area (Å²) in [6.07, 6.45) is 6.04. The Bertz CT molecular complexity index is 281. The molecule has 4 aliphatic carbocycles. The molecule has 0 spiro atoms. The minimum absolute atomic E-state index is 0.126. The van der Waals surface area contributed by atoms with Crippen LogP contribution in [0.5, 0.6) is 0 Å². The van der Waals surface area contributed by atoms with E-state index in [0.717, 1.165) is 32.1 Å². The Morgan fingerprint density at radius 2 is 1.79 bits per heavy atom. The first-order chi connectivity index (χ1) is 6.51. The zero-order valence-electron chi connectivity index (χ0n) is 8.75. The molecule has 14 heavy (non-hydrogen) atoms. The highest BCUT2D eigenvalue weighted by atomic mass is 16.3. The molecular weight excluding hydrogens is 176 g/mol. The highest BCUT2D eigenvalue weighted by Gasteiger charge is 2.58. The lowest BCUT2D eigenvalue weighted by Gasteiger charge is -2.59. The van der Waals surface area contributed by atoms with Gasteiger partial charge in [0, 0.05) is 5.41 Å². The summed E-state index contributed by atoms with van der Waals surface area (Å²) in [4.78, 5) is 11.7. The van der Waals surface area contributed by atoms with Gasteiger partial charge in [-0.2, -0.15) is 0 Å². The van der Waals surface area contributed by atoms with E-state index in [1.165, 1.54) is 6.42 Å². The van der Waals surface area contributed by atoms with Crippen LogP contribution in [0.4, 0.5) is 0 Å². The summed E-state index contributed by atoms with van der Waals surface area (Å²) >= 11 is 0. The molecule has 78 valence electrons. The number of aliphatic hydroxyl groups is 1. The molecule has 4 saturated carbocycles. The van der Waals surface area contributed by atoms with E-state index < -0.39 is 5.60 Å². The van der Waals surface area contributed by atoms with Gasteiger partial charge in [-0.1, -0.05) is 0 Å². The average Bonchev–Trinajstić information content (AvgIpc) is 1.98. The first kappa shape index (κ1) is 8.90. The quantitative estimate of drug-likeness (QED) is 0.692. The predicted molar refractivity (Wildman–Crippen MR) is 52.7 cm³/mol. The van der Waals surface area contributed by atoms with Crippen molar-refractivity contribution in [1.29, 1.82) is 0 Å². The van der Waals surface area contributed by atoms with Crippen LogP contribution in [0.3, 0.4) is 0 Å². The van der Waals surface area contributed by atoms with Gasteiger partial charge in [0.05, 0.1) is 5.60 Å². The maximum Gasteiger partial charge on any atom is 0.136 e. The summed E-state index contributed by atoms with van der Waals surface area (Å²) in [5.74, 6) is 1.58. The topological polar surface area (TPSA) is 37.3 Å². The predicted octanol–water partition coefficient (Wildman–Crippen LogP) is 1.91. The number of carbonyl (C=O) groups is 1. The molecule has 2 nitrogen and oxygen atoms in total. The first-order valence-corrected chi connectivity index (χ1v) is 5.75. The number of Topliss-reactive ketones (excluding diaryl/α,β-unsaturated/α-hetero) is 1. The normalized spacial score (nSPS) is 55.0. The van der Waals surface area contributed by atoms with Crippen LogP contribution in [0, 0.1) is 17.3 Å². The second-order valence-corrected chi connectivity index (χ2v) is 6.02. The van der Waals surface area contributed by atoms with Gasteiger partial charge in [-0.05, 0) is 57.3 Å². The molecule has 0 aromatic carbocycles. The fourth-order valence-corrected chi connectivity index (χ4v) is 4.63. The number of hydrogen-bond donors (Lipinski definition) is 1. The van der Waals surface area contributed by atoms with Crippen LogP contribution in [0.15, 0.2) is 0 Å². The molecule has 0 aromatic rings. The monoisotopic (exact) mass is 194 g/mol. The van der Waals surface area contributed by atoms with Crippen molar-refractivity contribution in [2.75, 3.05) is 0 Å². The average molecular weight is 194 g/mol. The summed E-state index contributed by atoms with van der Waals surface area (Å²) in [5, 5.41) is 10.4. The largest absolute Gasteiger partial charge is 0.390 e. The van der Waals surface area contributed by atoms with Crippen LogP contribution in [0.2, 0.25) is 0 Å². The van der Waals surface area contributed by atoms with Crippen molar-refractivity contribution in [3.63, 3.8) is 0 Å². The van der Waals surface area contributed by atoms with Gasteiger partial charge in [0.25, 0.3) is 0 Å². The molecule has 4 rings (SSSR count). The lowest BCUT2D eigenvalue weighted by Crippen LogP contribution is -2.57. The van der Waals surface area contributed by atoms with E-state index >= 15 is 0 Å². The summed E-state index contributed by atoms with van der Waals surface area (Å²) in [6.45, 7) is 1.72. The third-order valence-corrected chi connectivity index (χ3v) is 4.78. The van der Waals surface area contributed by atoms with Crippen LogP contribution < -0.4 is 0 Å². The SMILES string of the molecule is CC(=O)C12C[C@@H]3C[C@@H](CC(O)(C3)C1)C2. The van der Waals surface area contributed by atoms with Gasteiger partial charge in [-0.15, -0.1) is 0 Å². The third kappa shape index (κ3) is 1.04. The lowest BCUT2D eigenvalue weighted by atomic mass is 9.47. The number of carbonyl (C=O) groups excluding carboxylic acids is 1. The van der Waals surface area contributed by atoms with E-state index in [9.17, 15) is 9.90 Å². The van der Waals surface area contributed by atoms with Crippen LogP contribution >= 0.6 is 0 Å². The summed E-state index contributed by atoms with van der Waals surface area (Å²) in [7, 11) is 0. The molecule has 0 aromatic heterocycles. The Hall–Kier alpha value is -0.370. The van der Waals surface area contributed by atoms with Gasteiger partial charge in [-0.3, -0.25) is 4.79 Å². The molecule has 2 heteroatoms. The van der Waals surface area contributed by atoms with Gasteiger partial charge in [-0.25, -0.2) is 0 Å². The van der Waals surface area contributed by atoms with Gasteiger partial charge >= 0.3 is 0 Å². The lowest BCUT2D eigenvalue weighted by molar-refractivity contribution is -0.175. The fourth-order valence-electron chi connectivity index (χ4n) is 4.63. The molecule has 4 atom stereocenters. The smallest absolute Gasteiger partial charge is 0.136 e. The Balaban J connectivity index is 2.00. The zero-order chi connectivity index (χ0) is 9.97. The van der Waals surface area contributed by atoms with E-state index in [2.05, 4.69) is 0 Å². The molecule has 4 aliphatic rings. The second-order valence-electron chi connectivity index (χ2n) is 6.02. The highest BCUT2D eigenvalue weighted by molar-refractivity contribution is 5.83. The third-order valence-electron chi connectivity index (χ3n) is 4.78. The van der Waals surface area contributed by atoms with E-state index in [1.54, 1.807) is 6.92 Å². The van der Waals surface area contributed by atoms with Gasteiger partial charge in [0.15, 0.2) is 0 Å². The molecule has 0 radical (unpaired) electrons. The van der Waals surface area contributed by atoms with Gasteiger partial charge in [0.2, 0.25) is 0 Å². The van der Waals surface area contributed by atoms with E-state index in [1.807, 2.05) is 0 Å². The maximum absolute atomic E-state index is 11.7. The van der Waals surface area contributed by atoms with Crippen molar-refractivity contribution in [2.45, 2.75) is 51.0 Å². The standard InChI is InChI=1S/C12H18O2/c1-8(13)11-3-9-2-10(4-11)6-12(14,5-9)7-11/h9-10,14H,2-7H2,1H3/t9-,10+,11?,12?. The van der Waals surface area contributed by atoms with E-state index in [4.69, 9.17) is 0 Å². The van der Waals surface area contributed by atoms with Crippen molar-refractivity contribution in [1.82, 2.24) is 0 Å². The molecular formula is C12H18O2. The van der Waals surface area contributed by atoms with E-state index in [0.29, 0.717) is 17.6 Å². The van der Waals surface area contributed by atoms with Crippen molar-refractivity contribution >= 4 is 5.78 Å². The van der Waals surface area contributed by atoms with Gasteiger partial charge < -0.3 is 5.11 Å². The molecule has 4 bridgehead atoms. The molecule has 2 unspecified atom stereocenters. The Kier molecular flexibility index (Phi) is 1.53. The first-order valence-electron chi connectivity index (χ1n) is 5.75. The fraction of sp³-hybridized carbons (Fsp3) is 0.917. The van der Waals surface area contributed by atoms with E-state index in [-0.39, 0.29) is 5.41 Å². The number of ketones is 1. The summed E-state index contributed by atoms with van der Waals surface area (Å²) in [5.41, 5.74) is -0.603. The van der Waals surface area contributed by atoms with Crippen molar-refractivity contribution < 1.29 is 9.90 Å². The molecule has 0 aliphatic heterocycles. The van der Waals surface area contributed by atoms with Crippen LogP contribution in [-0.2, 0) is 4.79 Å². The van der Waals surface area contributed by atoms with Gasteiger partial charge in [0.1, 0.15) is 5.78 Å². The summed E-state index contributed by atoms with van der Waals surface area (Å²) < 4.78 is 0. The molecule has 0 amide bonds. The minimum Gasteiger partial charge on any atom is -0.390 e. The molecule has 1 N–H and O–H groups in total. The van der Waals surface area contributed by atoms with Crippen LogP contribution in [0.1, 0.15) is 45.4 Å².